The minimum Gasteiger partial charge on any atom is -0.363 e. The highest BCUT2D eigenvalue weighted by Gasteiger charge is 2.27. The first kappa shape index (κ1) is 11.0. The second kappa shape index (κ2) is 4.16. The topological polar surface area (TPSA) is 32.3 Å². The van der Waals surface area contributed by atoms with Gasteiger partial charge in [-0.25, -0.2) is 0 Å². The number of nitrogens with one attached hydrogen (secondary N) is 1. The average Bonchev–Trinajstić information content (AvgIpc) is 2.56. The molecule has 3 heteroatoms. The van der Waals surface area contributed by atoms with Crippen molar-refractivity contribution in [2.45, 2.75) is 26.4 Å². The van der Waals surface area contributed by atoms with Crippen molar-refractivity contribution in [1.82, 2.24) is 0 Å². The number of Topliss-reactive ketones (excluding diaryl/α,β-unsaturated/α-hetero) is 1. The van der Waals surface area contributed by atoms with Gasteiger partial charge in [-0.1, -0.05) is 26.0 Å². The quantitative estimate of drug-likeness (QED) is 0.846. The van der Waals surface area contributed by atoms with Crippen LogP contribution in [0.1, 0.15) is 20.3 Å². The van der Waals surface area contributed by atoms with Gasteiger partial charge < -0.3 is 10.2 Å². The lowest BCUT2D eigenvalue weighted by atomic mass is 10.0. The highest BCUT2D eigenvalue weighted by atomic mass is 16.1. The molecule has 16 heavy (non-hydrogen) atoms. The number of hydrogen-bond donors (Lipinski definition) is 1. The number of para-hydroxylation sites is 2. The van der Waals surface area contributed by atoms with Crippen molar-refractivity contribution < 1.29 is 4.79 Å². The van der Waals surface area contributed by atoms with Crippen molar-refractivity contribution in [1.29, 1.82) is 0 Å². The SMILES string of the molecule is CC(C)C(=O)CC1Nc2ccccc2N1C. The molecule has 0 fully saturated rings. The van der Waals surface area contributed by atoms with E-state index in [2.05, 4.69) is 16.3 Å². The van der Waals surface area contributed by atoms with Crippen LogP contribution in [0.15, 0.2) is 24.3 Å². The third kappa shape index (κ3) is 1.90. The van der Waals surface area contributed by atoms with Gasteiger partial charge in [0.1, 0.15) is 11.9 Å². The summed E-state index contributed by atoms with van der Waals surface area (Å²) in [7, 11) is 2.02. The predicted octanol–water partition coefficient (Wildman–Crippen LogP) is 2.49. The molecule has 1 heterocycles. The molecule has 0 aromatic heterocycles. The number of fused-ring (bicyclic) bond motifs is 1. The maximum absolute atomic E-state index is 11.7. The van der Waals surface area contributed by atoms with E-state index in [1.165, 1.54) is 5.69 Å². The summed E-state index contributed by atoms with van der Waals surface area (Å²) in [5.41, 5.74) is 2.29. The second-order valence-electron chi connectivity index (χ2n) is 4.61. The van der Waals surface area contributed by atoms with E-state index >= 15 is 0 Å². The molecule has 1 aliphatic heterocycles. The molecule has 86 valence electrons. The van der Waals surface area contributed by atoms with Crippen molar-refractivity contribution in [3.63, 3.8) is 0 Å². The number of hydrogen-bond acceptors (Lipinski definition) is 3. The van der Waals surface area contributed by atoms with Crippen LogP contribution >= 0.6 is 0 Å². The molecule has 0 radical (unpaired) electrons. The van der Waals surface area contributed by atoms with E-state index in [0.717, 1.165) is 5.69 Å². The van der Waals surface area contributed by atoms with Gasteiger partial charge in [0.2, 0.25) is 0 Å². The molecule has 0 amide bonds. The zero-order chi connectivity index (χ0) is 11.7. The Morgan fingerprint density at radius 3 is 2.75 bits per heavy atom. The zero-order valence-corrected chi connectivity index (χ0v) is 10.0. The van der Waals surface area contributed by atoms with Crippen LogP contribution in [0.2, 0.25) is 0 Å². The highest BCUT2D eigenvalue weighted by Crippen LogP contribution is 2.33. The minimum atomic E-state index is 0.104. The summed E-state index contributed by atoms with van der Waals surface area (Å²) < 4.78 is 0. The Balaban J connectivity index is 2.10. The number of rotatable bonds is 3. The van der Waals surface area contributed by atoms with Crippen LogP contribution in [0.25, 0.3) is 0 Å². The lowest BCUT2D eigenvalue weighted by molar-refractivity contribution is -0.122. The van der Waals surface area contributed by atoms with Crippen molar-refractivity contribution >= 4 is 17.2 Å². The van der Waals surface area contributed by atoms with Crippen LogP contribution in [0, 0.1) is 5.92 Å². The van der Waals surface area contributed by atoms with Gasteiger partial charge in [-0.3, -0.25) is 4.79 Å². The van der Waals surface area contributed by atoms with Crippen LogP contribution in [-0.4, -0.2) is 19.0 Å². The Labute approximate surface area is 96.5 Å². The molecule has 1 N–H and O–H groups in total. The largest absolute Gasteiger partial charge is 0.363 e. The summed E-state index contributed by atoms with van der Waals surface area (Å²) >= 11 is 0. The average molecular weight is 218 g/mol. The summed E-state index contributed by atoms with van der Waals surface area (Å²) in [6.07, 6.45) is 0.662. The molecule has 0 spiro atoms. The van der Waals surface area contributed by atoms with Gasteiger partial charge in [0.15, 0.2) is 0 Å². The van der Waals surface area contributed by atoms with Crippen LogP contribution in [-0.2, 0) is 4.79 Å². The van der Waals surface area contributed by atoms with Gasteiger partial charge in [-0.15, -0.1) is 0 Å². The maximum atomic E-state index is 11.7. The molecule has 1 unspecified atom stereocenters. The van der Waals surface area contributed by atoms with Crippen molar-refractivity contribution in [2.24, 2.45) is 5.92 Å². The number of carbonyl (C=O) groups is 1. The third-order valence-electron chi connectivity index (χ3n) is 3.11. The van der Waals surface area contributed by atoms with E-state index in [9.17, 15) is 4.79 Å². The molecule has 1 aromatic carbocycles. The Morgan fingerprint density at radius 2 is 2.12 bits per heavy atom. The molecule has 0 saturated heterocycles. The maximum Gasteiger partial charge on any atom is 0.139 e. The molecular weight excluding hydrogens is 200 g/mol. The van der Waals surface area contributed by atoms with E-state index < -0.39 is 0 Å². The van der Waals surface area contributed by atoms with E-state index in [4.69, 9.17) is 0 Å². The molecule has 0 saturated carbocycles. The van der Waals surface area contributed by atoms with E-state index in [1.54, 1.807) is 0 Å². The van der Waals surface area contributed by atoms with Gasteiger partial charge in [-0.05, 0) is 12.1 Å². The van der Waals surface area contributed by atoms with Crippen molar-refractivity contribution in [3.8, 4) is 0 Å². The molecule has 0 aliphatic carbocycles. The summed E-state index contributed by atoms with van der Waals surface area (Å²) in [4.78, 5) is 13.9. The van der Waals surface area contributed by atoms with Gasteiger partial charge in [0.05, 0.1) is 11.4 Å². The number of ketones is 1. The zero-order valence-electron chi connectivity index (χ0n) is 10.0. The fourth-order valence-corrected chi connectivity index (χ4v) is 1.96. The first-order valence-electron chi connectivity index (χ1n) is 5.70. The van der Waals surface area contributed by atoms with Crippen LogP contribution in [0.3, 0.4) is 0 Å². The third-order valence-corrected chi connectivity index (χ3v) is 3.11. The second-order valence-corrected chi connectivity index (χ2v) is 4.61. The Morgan fingerprint density at radius 1 is 1.44 bits per heavy atom. The Bertz CT molecular complexity index is 401. The molecule has 3 nitrogen and oxygen atoms in total. The van der Waals surface area contributed by atoms with Crippen LogP contribution < -0.4 is 10.2 Å². The fourth-order valence-electron chi connectivity index (χ4n) is 1.96. The fraction of sp³-hybridized carbons (Fsp3) is 0.462. The van der Waals surface area contributed by atoms with Crippen molar-refractivity contribution in [2.75, 3.05) is 17.3 Å². The predicted molar refractivity (Wildman–Crippen MR) is 66.7 cm³/mol. The van der Waals surface area contributed by atoms with Gasteiger partial charge >= 0.3 is 0 Å². The lowest BCUT2D eigenvalue weighted by Gasteiger charge is -2.22. The molecule has 0 bridgehead atoms. The number of benzene rings is 1. The van der Waals surface area contributed by atoms with Gasteiger partial charge in [-0.2, -0.15) is 0 Å². The molecule has 1 atom stereocenters. The van der Waals surface area contributed by atoms with Gasteiger partial charge in [0.25, 0.3) is 0 Å². The molecule has 2 rings (SSSR count). The van der Waals surface area contributed by atoms with E-state index in [1.807, 2.05) is 39.1 Å². The summed E-state index contributed by atoms with van der Waals surface area (Å²) in [6.45, 7) is 3.90. The monoisotopic (exact) mass is 218 g/mol. The van der Waals surface area contributed by atoms with Crippen LogP contribution in [0.5, 0.6) is 0 Å². The normalized spacial score (nSPS) is 18.5. The summed E-state index contributed by atoms with van der Waals surface area (Å²) in [5.74, 6) is 0.413. The highest BCUT2D eigenvalue weighted by molar-refractivity contribution is 5.84. The first-order valence-corrected chi connectivity index (χ1v) is 5.70. The molecular formula is C13H18N2O. The molecule has 1 aliphatic rings. The summed E-state index contributed by atoms with van der Waals surface area (Å²) in [5, 5.41) is 3.38. The number of nitrogens with zero attached hydrogens (tertiary/aromatic N) is 1. The minimum absolute atomic E-state index is 0.104. The molecule has 1 aromatic rings. The number of anilines is 2. The standard InChI is InChI=1S/C13H18N2O/c1-9(2)12(16)8-13-14-10-6-4-5-7-11(10)15(13)3/h4-7,9,13-14H,8H2,1-3H3. The summed E-state index contributed by atoms with van der Waals surface area (Å²) in [6, 6.07) is 8.14. The number of carbonyl (C=O) groups excluding carboxylic acids is 1. The van der Waals surface area contributed by atoms with Gasteiger partial charge in [0, 0.05) is 19.4 Å². The smallest absolute Gasteiger partial charge is 0.139 e. The van der Waals surface area contributed by atoms with E-state index in [-0.39, 0.29) is 12.1 Å². The van der Waals surface area contributed by atoms with Crippen molar-refractivity contribution in [3.05, 3.63) is 24.3 Å². The Hall–Kier alpha value is -1.51. The van der Waals surface area contributed by atoms with Crippen LogP contribution in [0.4, 0.5) is 11.4 Å². The lowest BCUT2D eigenvalue weighted by Crippen LogP contribution is -2.35. The first-order chi connectivity index (χ1) is 7.59. The van der Waals surface area contributed by atoms with E-state index in [0.29, 0.717) is 12.2 Å². The Kier molecular flexibility index (Phi) is 2.86.